The van der Waals surface area contributed by atoms with Crippen LogP contribution >= 0.6 is 11.3 Å². The Morgan fingerprint density at radius 2 is 1.79 bits per heavy atom. The average Bonchev–Trinajstić information content (AvgIpc) is 2.75. The van der Waals surface area contributed by atoms with Gasteiger partial charge in [-0.25, -0.2) is 4.98 Å². The Kier molecular flexibility index (Phi) is 6.27. The van der Waals surface area contributed by atoms with Crippen LogP contribution in [-0.2, 0) is 12.0 Å². The summed E-state index contributed by atoms with van der Waals surface area (Å²) in [5.74, 6) is 0. The van der Waals surface area contributed by atoms with Gasteiger partial charge >= 0.3 is 0 Å². The third-order valence-electron chi connectivity index (χ3n) is 3.14. The van der Waals surface area contributed by atoms with Crippen molar-refractivity contribution >= 4 is 16.5 Å². The van der Waals surface area contributed by atoms with Gasteiger partial charge in [-0.1, -0.05) is 27.7 Å². The number of hydrogen-bond acceptors (Lipinski definition) is 4. The van der Waals surface area contributed by atoms with Crippen LogP contribution in [0, 0.1) is 0 Å². The molecule has 1 heterocycles. The minimum Gasteiger partial charge on any atom is -0.349 e. The van der Waals surface area contributed by atoms with Crippen molar-refractivity contribution in [3.8, 4) is 0 Å². The van der Waals surface area contributed by atoms with Gasteiger partial charge in [-0.3, -0.25) is 0 Å². The molecule has 0 spiro atoms. The summed E-state index contributed by atoms with van der Waals surface area (Å²) in [5.41, 5.74) is 1.37. The molecule has 0 aliphatic carbocycles. The fraction of sp³-hybridized carbons (Fsp3) is 0.800. The van der Waals surface area contributed by atoms with Gasteiger partial charge in [0.1, 0.15) is 0 Å². The molecule has 4 heteroatoms. The quantitative estimate of drug-likeness (QED) is 0.772. The van der Waals surface area contributed by atoms with Crippen molar-refractivity contribution in [1.82, 2.24) is 10.3 Å². The standard InChI is InChI=1S/C15H29N3S/c1-7-10-16-11-12-13(15(4,5)6)17-14(19-12)18(8-2)9-3/h16H,7-11H2,1-6H3. The molecule has 110 valence electrons. The van der Waals surface area contributed by atoms with Crippen LogP contribution in [0.25, 0.3) is 0 Å². The van der Waals surface area contributed by atoms with Gasteiger partial charge < -0.3 is 10.2 Å². The number of nitrogens with one attached hydrogen (secondary N) is 1. The van der Waals surface area contributed by atoms with Crippen LogP contribution in [0.1, 0.15) is 58.5 Å². The maximum absolute atomic E-state index is 4.91. The first-order valence-electron chi connectivity index (χ1n) is 7.39. The Labute approximate surface area is 122 Å². The van der Waals surface area contributed by atoms with Crippen molar-refractivity contribution in [2.45, 2.75) is 59.9 Å². The Bertz CT molecular complexity index is 375. The summed E-state index contributed by atoms with van der Waals surface area (Å²) in [6.45, 7) is 17.4. The summed E-state index contributed by atoms with van der Waals surface area (Å²) in [6.07, 6.45) is 1.17. The van der Waals surface area contributed by atoms with E-state index in [1.165, 1.54) is 22.1 Å². The molecular weight excluding hydrogens is 254 g/mol. The predicted octanol–water partition coefficient (Wildman–Crippen LogP) is 3.79. The molecule has 0 aromatic carbocycles. The maximum Gasteiger partial charge on any atom is 0.185 e. The summed E-state index contributed by atoms with van der Waals surface area (Å²) in [4.78, 5) is 8.63. The second kappa shape index (κ2) is 7.25. The lowest BCUT2D eigenvalue weighted by molar-refractivity contribution is 0.558. The van der Waals surface area contributed by atoms with Gasteiger partial charge in [-0.05, 0) is 26.8 Å². The third kappa shape index (κ3) is 4.46. The van der Waals surface area contributed by atoms with E-state index < -0.39 is 0 Å². The highest BCUT2D eigenvalue weighted by atomic mass is 32.1. The van der Waals surface area contributed by atoms with Crippen molar-refractivity contribution in [2.24, 2.45) is 0 Å². The highest BCUT2D eigenvalue weighted by molar-refractivity contribution is 7.15. The molecule has 19 heavy (non-hydrogen) atoms. The zero-order valence-electron chi connectivity index (χ0n) is 13.3. The molecule has 1 rings (SSSR count). The van der Waals surface area contributed by atoms with Crippen LogP contribution in [0.3, 0.4) is 0 Å². The Balaban J connectivity index is 2.98. The first kappa shape index (κ1) is 16.4. The third-order valence-corrected chi connectivity index (χ3v) is 4.26. The van der Waals surface area contributed by atoms with Gasteiger partial charge in [-0.2, -0.15) is 0 Å². The molecule has 3 nitrogen and oxygen atoms in total. The molecule has 0 fully saturated rings. The molecular formula is C15H29N3S. The van der Waals surface area contributed by atoms with Gasteiger partial charge in [-0.15, -0.1) is 11.3 Å². The lowest BCUT2D eigenvalue weighted by Gasteiger charge is -2.19. The minimum atomic E-state index is 0.116. The van der Waals surface area contributed by atoms with Crippen LogP contribution < -0.4 is 10.2 Å². The fourth-order valence-corrected chi connectivity index (χ4v) is 3.42. The van der Waals surface area contributed by atoms with Crippen LogP contribution in [-0.4, -0.2) is 24.6 Å². The van der Waals surface area contributed by atoms with Gasteiger partial charge in [0.15, 0.2) is 5.13 Å². The SMILES string of the molecule is CCCNCc1sc(N(CC)CC)nc1C(C)(C)C. The second-order valence-electron chi connectivity index (χ2n) is 5.87. The fourth-order valence-electron chi connectivity index (χ4n) is 2.05. The highest BCUT2D eigenvalue weighted by Crippen LogP contribution is 2.33. The number of anilines is 1. The van der Waals surface area contributed by atoms with E-state index in [0.717, 1.165) is 26.2 Å². The van der Waals surface area contributed by atoms with Crippen LogP contribution in [0.15, 0.2) is 0 Å². The average molecular weight is 283 g/mol. The number of rotatable bonds is 7. The minimum absolute atomic E-state index is 0.116. The molecule has 1 N–H and O–H groups in total. The van der Waals surface area contributed by atoms with E-state index in [1.807, 2.05) is 11.3 Å². The predicted molar refractivity (Wildman–Crippen MR) is 86.4 cm³/mol. The summed E-state index contributed by atoms with van der Waals surface area (Å²) in [5, 5.41) is 4.67. The van der Waals surface area contributed by atoms with E-state index in [2.05, 4.69) is 51.8 Å². The Hall–Kier alpha value is -0.610. The number of aromatic nitrogens is 1. The lowest BCUT2D eigenvalue weighted by atomic mass is 9.91. The topological polar surface area (TPSA) is 28.2 Å². The summed E-state index contributed by atoms with van der Waals surface area (Å²) in [6, 6.07) is 0. The number of nitrogens with zero attached hydrogens (tertiary/aromatic N) is 2. The van der Waals surface area contributed by atoms with Gasteiger partial charge in [0.25, 0.3) is 0 Å². The Morgan fingerprint density at radius 3 is 2.26 bits per heavy atom. The van der Waals surface area contributed by atoms with Crippen LogP contribution in [0.5, 0.6) is 0 Å². The normalized spacial score (nSPS) is 11.9. The van der Waals surface area contributed by atoms with E-state index in [1.54, 1.807) is 0 Å². The highest BCUT2D eigenvalue weighted by Gasteiger charge is 2.24. The second-order valence-corrected chi connectivity index (χ2v) is 6.93. The molecule has 0 saturated heterocycles. The Morgan fingerprint density at radius 1 is 1.16 bits per heavy atom. The number of thiazole rings is 1. The van der Waals surface area contributed by atoms with E-state index in [0.29, 0.717) is 0 Å². The maximum atomic E-state index is 4.91. The van der Waals surface area contributed by atoms with Gasteiger partial charge in [0.2, 0.25) is 0 Å². The molecule has 0 unspecified atom stereocenters. The van der Waals surface area contributed by atoms with Gasteiger partial charge in [0.05, 0.1) is 5.69 Å². The first-order valence-corrected chi connectivity index (χ1v) is 8.21. The molecule has 0 aliphatic rings. The zero-order valence-corrected chi connectivity index (χ0v) is 14.2. The lowest BCUT2D eigenvalue weighted by Crippen LogP contribution is -2.22. The monoisotopic (exact) mass is 283 g/mol. The van der Waals surface area contributed by atoms with E-state index in [-0.39, 0.29) is 5.41 Å². The molecule has 1 aromatic rings. The molecule has 0 atom stereocenters. The zero-order chi connectivity index (χ0) is 14.5. The molecule has 0 radical (unpaired) electrons. The van der Waals surface area contributed by atoms with Crippen LogP contribution in [0.2, 0.25) is 0 Å². The van der Waals surface area contributed by atoms with Crippen molar-refractivity contribution < 1.29 is 0 Å². The van der Waals surface area contributed by atoms with Crippen molar-refractivity contribution in [3.63, 3.8) is 0 Å². The smallest absolute Gasteiger partial charge is 0.185 e. The van der Waals surface area contributed by atoms with E-state index in [4.69, 9.17) is 4.98 Å². The van der Waals surface area contributed by atoms with Crippen molar-refractivity contribution in [1.29, 1.82) is 0 Å². The van der Waals surface area contributed by atoms with E-state index >= 15 is 0 Å². The molecule has 0 saturated carbocycles. The summed E-state index contributed by atoms with van der Waals surface area (Å²) < 4.78 is 0. The number of hydrogen-bond donors (Lipinski definition) is 1. The van der Waals surface area contributed by atoms with E-state index in [9.17, 15) is 0 Å². The van der Waals surface area contributed by atoms with Gasteiger partial charge in [0, 0.05) is 29.9 Å². The van der Waals surface area contributed by atoms with Crippen molar-refractivity contribution in [2.75, 3.05) is 24.5 Å². The van der Waals surface area contributed by atoms with Crippen LogP contribution in [0.4, 0.5) is 5.13 Å². The molecule has 0 aliphatic heterocycles. The first-order chi connectivity index (χ1) is 8.93. The summed E-state index contributed by atoms with van der Waals surface area (Å²) in [7, 11) is 0. The molecule has 0 amide bonds. The summed E-state index contributed by atoms with van der Waals surface area (Å²) >= 11 is 1.85. The molecule has 1 aromatic heterocycles. The largest absolute Gasteiger partial charge is 0.349 e. The van der Waals surface area contributed by atoms with Crippen molar-refractivity contribution in [3.05, 3.63) is 10.6 Å². The molecule has 0 bridgehead atoms.